The fourth-order valence-corrected chi connectivity index (χ4v) is 5.28. The van der Waals surface area contributed by atoms with E-state index in [1.54, 1.807) is 36.5 Å². The van der Waals surface area contributed by atoms with Gasteiger partial charge in [0, 0.05) is 41.8 Å². The number of hydrogen-bond donors (Lipinski definition) is 1. The maximum absolute atomic E-state index is 16.3. The summed E-state index contributed by atoms with van der Waals surface area (Å²) in [4.78, 5) is 34.7. The standard InChI is InChI=1S/C32H25F2N3O3/c1-18-3-4-20(24(38)16-32(12-13-32)26-11-14-36-17-37-26)15-23(18)22-9-10-25-27(29(22)34)28(31(39)35-2)30(40-25)19-5-7-21(33)8-6-19/h3-11,14-15,17H,12-13,16H2,1-2H3,(H,35,39). The maximum atomic E-state index is 16.3. The first-order valence-corrected chi connectivity index (χ1v) is 12.9. The Labute approximate surface area is 229 Å². The highest BCUT2D eigenvalue weighted by molar-refractivity contribution is 6.12. The number of furan rings is 1. The molecule has 2 aromatic heterocycles. The van der Waals surface area contributed by atoms with Crippen LogP contribution in [0.5, 0.6) is 0 Å². The molecule has 0 atom stereocenters. The van der Waals surface area contributed by atoms with Crippen molar-refractivity contribution < 1.29 is 22.8 Å². The first kappa shape index (κ1) is 25.6. The van der Waals surface area contributed by atoms with Crippen LogP contribution in [0, 0.1) is 18.6 Å². The highest BCUT2D eigenvalue weighted by atomic mass is 19.1. The largest absolute Gasteiger partial charge is 0.455 e. The molecule has 0 radical (unpaired) electrons. The molecule has 2 heterocycles. The lowest BCUT2D eigenvalue weighted by Gasteiger charge is -2.15. The predicted octanol–water partition coefficient (Wildman–Crippen LogP) is 6.81. The molecule has 0 aliphatic heterocycles. The summed E-state index contributed by atoms with van der Waals surface area (Å²) in [5, 5.41) is 2.57. The molecule has 40 heavy (non-hydrogen) atoms. The molecule has 1 N–H and O–H groups in total. The van der Waals surface area contributed by atoms with Crippen LogP contribution in [-0.4, -0.2) is 28.7 Å². The maximum Gasteiger partial charge on any atom is 0.255 e. The fraction of sp³-hybridized carbons (Fsp3) is 0.188. The van der Waals surface area contributed by atoms with Crippen LogP contribution in [0.4, 0.5) is 8.78 Å². The zero-order chi connectivity index (χ0) is 28.0. The van der Waals surface area contributed by atoms with Gasteiger partial charge in [-0.15, -0.1) is 0 Å². The number of hydrogen-bond acceptors (Lipinski definition) is 5. The number of Topliss-reactive ketones (excluding diaryl/α,β-unsaturated/α-hetero) is 1. The minimum atomic E-state index is -0.638. The molecule has 0 saturated heterocycles. The van der Waals surface area contributed by atoms with Crippen molar-refractivity contribution in [2.24, 2.45) is 0 Å². The quantitative estimate of drug-likeness (QED) is 0.231. The third-order valence-corrected chi connectivity index (χ3v) is 7.68. The van der Waals surface area contributed by atoms with Crippen molar-refractivity contribution in [3.8, 4) is 22.5 Å². The number of fused-ring (bicyclic) bond motifs is 1. The monoisotopic (exact) mass is 537 g/mol. The van der Waals surface area contributed by atoms with E-state index in [0.717, 1.165) is 24.1 Å². The van der Waals surface area contributed by atoms with E-state index >= 15 is 4.39 Å². The molecule has 3 aromatic carbocycles. The van der Waals surface area contributed by atoms with Gasteiger partial charge >= 0.3 is 0 Å². The Kier molecular flexibility index (Phi) is 6.25. The van der Waals surface area contributed by atoms with E-state index in [9.17, 15) is 14.0 Å². The van der Waals surface area contributed by atoms with E-state index in [1.165, 1.54) is 37.6 Å². The number of halogens is 2. The predicted molar refractivity (Wildman–Crippen MR) is 147 cm³/mol. The Hall–Kier alpha value is -4.72. The van der Waals surface area contributed by atoms with Crippen LogP contribution in [0.3, 0.4) is 0 Å². The second kappa shape index (κ2) is 9.79. The van der Waals surface area contributed by atoms with Gasteiger partial charge in [0.2, 0.25) is 0 Å². The Balaban J connectivity index is 1.43. The second-order valence-corrected chi connectivity index (χ2v) is 10.2. The number of aryl methyl sites for hydroxylation is 1. The highest BCUT2D eigenvalue weighted by Crippen LogP contribution is 2.50. The molecule has 1 amide bonds. The molecule has 5 aromatic rings. The van der Waals surface area contributed by atoms with Gasteiger partial charge in [0.05, 0.1) is 16.6 Å². The summed E-state index contributed by atoms with van der Waals surface area (Å²) < 4.78 is 35.8. The summed E-state index contributed by atoms with van der Waals surface area (Å²) in [5.74, 6) is -1.52. The summed E-state index contributed by atoms with van der Waals surface area (Å²) in [6, 6.07) is 15.8. The Morgan fingerprint density at radius 3 is 2.45 bits per heavy atom. The van der Waals surface area contributed by atoms with Crippen molar-refractivity contribution in [2.45, 2.75) is 31.6 Å². The lowest BCUT2D eigenvalue weighted by molar-refractivity contribution is 0.0958. The molecule has 1 saturated carbocycles. The van der Waals surface area contributed by atoms with E-state index in [1.807, 2.05) is 13.0 Å². The lowest BCUT2D eigenvalue weighted by atomic mass is 9.89. The topological polar surface area (TPSA) is 85.1 Å². The van der Waals surface area contributed by atoms with Crippen molar-refractivity contribution >= 4 is 22.7 Å². The summed E-state index contributed by atoms with van der Waals surface area (Å²) in [6.45, 7) is 1.84. The number of carbonyl (C=O) groups is 2. The Morgan fingerprint density at radius 1 is 1.00 bits per heavy atom. The number of rotatable bonds is 7. The van der Waals surface area contributed by atoms with Crippen LogP contribution < -0.4 is 5.32 Å². The summed E-state index contributed by atoms with van der Waals surface area (Å²) in [7, 11) is 1.45. The SMILES string of the molecule is CNC(=O)c1c(-c2ccc(F)cc2)oc2ccc(-c3cc(C(=O)CC4(c5ccncn5)CC4)ccc3C)c(F)c12. The average molecular weight is 538 g/mol. The molecule has 1 aliphatic rings. The molecule has 200 valence electrons. The number of ketones is 1. The molecule has 6 rings (SSSR count). The number of nitrogens with one attached hydrogen (secondary N) is 1. The normalized spacial score (nSPS) is 13.8. The van der Waals surface area contributed by atoms with Crippen molar-refractivity contribution in [1.29, 1.82) is 0 Å². The number of aromatic nitrogens is 2. The Morgan fingerprint density at radius 2 is 1.77 bits per heavy atom. The van der Waals surface area contributed by atoms with Gasteiger partial charge in [-0.05, 0) is 79.4 Å². The third-order valence-electron chi connectivity index (χ3n) is 7.68. The highest BCUT2D eigenvalue weighted by Gasteiger charge is 2.47. The van der Waals surface area contributed by atoms with Crippen LogP contribution in [0.2, 0.25) is 0 Å². The minimum Gasteiger partial charge on any atom is -0.455 e. The van der Waals surface area contributed by atoms with Crippen molar-refractivity contribution in [2.75, 3.05) is 7.05 Å². The lowest BCUT2D eigenvalue weighted by Crippen LogP contribution is -2.18. The number of carbonyl (C=O) groups excluding carboxylic acids is 2. The van der Waals surface area contributed by atoms with Crippen molar-refractivity contribution in [3.63, 3.8) is 0 Å². The smallest absolute Gasteiger partial charge is 0.255 e. The zero-order valence-electron chi connectivity index (χ0n) is 21.9. The molecule has 1 aliphatic carbocycles. The van der Waals surface area contributed by atoms with Gasteiger partial charge in [0.15, 0.2) is 5.78 Å². The van der Waals surface area contributed by atoms with Gasteiger partial charge < -0.3 is 9.73 Å². The van der Waals surface area contributed by atoms with Crippen LogP contribution >= 0.6 is 0 Å². The molecule has 0 unspecified atom stereocenters. The van der Waals surface area contributed by atoms with Crippen molar-refractivity contribution in [1.82, 2.24) is 15.3 Å². The molecular formula is C32H25F2N3O3. The molecular weight excluding hydrogens is 512 g/mol. The Bertz CT molecular complexity index is 1780. The van der Waals surface area contributed by atoms with E-state index < -0.39 is 17.5 Å². The summed E-state index contributed by atoms with van der Waals surface area (Å²) >= 11 is 0. The number of amides is 1. The minimum absolute atomic E-state index is 0.0213. The van der Waals surface area contributed by atoms with E-state index in [-0.39, 0.29) is 39.1 Å². The molecule has 0 spiro atoms. The van der Waals surface area contributed by atoms with E-state index in [4.69, 9.17) is 4.42 Å². The van der Waals surface area contributed by atoms with E-state index in [2.05, 4.69) is 15.3 Å². The van der Waals surface area contributed by atoms with Crippen LogP contribution in [0.25, 0.3) is 33.4 Å². The van der Waals surface area contributed by atoms with Crippen LogP contribution in [-0.2, 0) is 5.41 Å². The molecule has 0 bridgehead atoms. The number of benzene rings is 3. The first-order chi connectivity index (χ1) is 19.3. The number of nitrogens with zero attached hydrogens (tertiary/aromatic N) is 2. The summed E-state index contributed by atoms with van der Waals surface area (Å²) in [6.07, 6.45) is 5.23. The van der Waals surface area contributed by atoms with Gasteiger partial charge in [0.1, 0.15) is 29.3 Å². The van der Waals surface area contributed by atoms with Crippen LogP contribution in [0.1, 0.15) is 51.2 Å². The van der Waals surface area contributed by atoms with E-state index in [0.29, 0.717) is 23.1 Å². The van der Waals surface area contributed by atoms with Gasteiger partial charge in [-0.25, -0.2) is 18.7 Å². The second-order valence-electron chi connectivity index (χ2n) is 10.2. The molecule has 1 fully saturated rings. The van der Waals surface area contributed by atoms with Gasteiger partial charge in [0.25, 0.3) is 5.91 Å². The van der Waals surface area contributed by atoms with Gasteiger partial charge in [-0.3, -0.25) is 9.59 Å². The zero-order valence-corrected chi connectivity index (χ0v) is 21.9. The molecule has 6 nitrogen and oxygen atoms in total. The van der Waals surface area contributed by atoms with Gasteiger partial charge in [-0.1, -0.05) is 12.1 Å². The third kappa shape index (κ3) is 4.35. The first-order valence-electron chi connectivity index (χ1n) is 12.9. The average Bonchev–Trinajstić information content (AvgIpc) is 3.65. The van der Waals surface area contributed by atoms with Crippen molar-refractivity contribution in [3.05, 3.63) is 107 Å². The van der Waals surface area contributed by atoms with Gasteiger partial charge in [-0.2, -0.15) is 0 Å². The van der Waals surface area contributed by atoms with Crippen LogP contribution in [0.15, 0.2) is 77.6 Å². The molecule has 8 heteroatoms. The summed E-state index contributed by atoms with van der Waals surface area (Å²) in [5.41, 5.74) is 3.26. The fourth-order valence-electron chi connectivity index (χ4n) is 5.28.